The largest absolute Gasteiger partial charge is 0.445 e. The molecule has 0 unspecified atom stereocenters. The van der Waals surface area contributed by atoms with Gasteiger partial charge in [0.05, 0.1) is 12.6 Å². The number of isocyanates is 1. The minimum absolute atomic E-state index is 0.166. The van der Waals surface area contributed by atoms with E-state index in [1.54, 1.807) is 0 Å². The maximum atomic E-state index is 11.9. The highest BCUT2D eigenvalue weighted by molar-refractivity contribution is 5.67. The van der Waals surface area contributed by atoms with E-state index >= 15 is 0 Å². The Bertz CT molecular complexity index is 652. The van der Waals surface area contributed by atoms with Crippen LogP contribution in [0.15, 0.2) is 65.7 Å². The van der Waals surface area contributed by atoms with E-state index < -0.39 is 6.09 Å². The highest BCUT2D eigenvalue weighted by Crippen LogP contribution is 2.05. The van der Waals surface area contributed by atoms with E-state index in [1.165, 1.54) is 6.08 Å². The van der Waals surface area contributed by atoms with Gasteiger partial charge >= 0.3 is 6.09 Å². The van der Waals surface area contributed by atoms with Gasteiger partial charge in [-0.3, -0.25) is 0 Å². The fraction of sp³-hybridized carbons (Fsp3) is 0.222. The fourth-order valence-electron chi connectivity index (χ4n) is 2.14. The van der Waals surface area contributed by atoms with Crippen LogP contribution in [0.5, 0.6) is 0 Å². The molecule has 2 rings (SSSR count). The van der Waals surface area contributed by atoms with Crippen LogP contribution in [-0.2, 0) is 22.6 Å². The smallest absolute Gasteiger partial charge is 0.407 e. The second kappa shape index (κ2) is 9.18. The monoisotopic (exact) mass is 310 g/mol. The average Bonchev–Trinajstić information content (AvgIpc) is 2.60. The van der Waals surface area contributed by atoms with E-state index in [2.05, 4.69) is 10.3 Å². The van der Waals surface area contributed by atoms with Crippen LogP contribution in [0.25, 0.3) is 0 Å². The van der Waals surface area contributed by atoms with Gasteiger partial charge in [0, 0.05) is 0 Å². The van der Waals surface area contributed by atoms with Gasteiger partial charge in [-0.05, 0) is 17.5 Å². The Morgan fingerprint density at radius 1 is 1.04 bits per heavy atom. The van der Waals surface area contributed by atoms with Gasteiger partial charge in [-0.2, -0.15) is 0 Å². The third-order valence-electron chi connectivity index (χ3n) is 3.24. The summed E-state index contributed by atoms with van der Waals surface area (Å²) in [4.78, 5) is 25.8. The number of nitrogens with one attached hydrogen (secondary N) is 1. The number of ether oxygens (including phenoxy) is 1. The summed E-state index contributed by atoms with van der Waals surface area (Å²) in [5, 5.41) is 2.74. The lowest BCUT2D eigenvalue weighted by molar-refractivity contribution is 0.136. The molecule has 2 aromatic carbocycles. The predicted octanol–water partition coefficient (Wildman–Crippen LogP) is 2.86. The van der Waals surface area contributed by atoms with Gasteiger partial charge in [0.1, 0.15) is 6.61 Å². The van der Waals surface area contributed by atoms with Gasteiger partial charge in [-0.15, -0.1) is 0 Å². The predicted molar refractivity (Wildman–Crippen MR) is 86.7 cm³/mol. The zero-order valence-electron chi connectivity index (χ0n) is 12.6. The molecule has 0 saturated carbocycles. The molecule has 0 aliphatic carbocycles. The Balaban J connectivity index is 1.88. The second-order valence-corrected chi connectivity index (χ2v) is 5.02. The lowest BCUT2D eigenvalue weighted by Crippen LogP contribution is -2.38. The van der Waals surface area contributed by atoms with Crippen molar-refractivity contribution in [1.29, 1.82) is 0 Å². The van der Waals surface area contributed by atoms with E-state index in [1.807, 2.05) is 60.7 Å². The number of alkyl carbamates (subject to hydrolysis) is 1. The first-order valence-corrected chi connectivity index (χ1v) is 7.32. The van der Waals surface area contributed by atoms with Gasteiger partial charge in [-0.25, -0.2) is 14.6 Å². The number of carbonyl (C=O) groups excluding carboxylic acids is 2. The van der Waals surface area contributed by atoms with Crippen LogP contribution in [0.1, 0.15) is 11.1 Å². The summed E-state index contributed by atoms with van der Waals surface area (Å²) in [6.45, 7) is 0.362. The molecule has 0 spiro atoms. The molecule has 118 valence electrons. The molecule has 5 nitrogen and oxygen atoms in total. The topological polar surface area (TPSA) is 67.8 Å². The minimum Gasteiger partial charge on any atom is -0.445 e. The lowest BCUT2D eigenvalue weighted by atomic mass is 10.1. The van der Waals surface area contributed by atoms with Crippen LogP contribution < -0.4 is 5.32 Å². The lowest BCUT2D eigenvalue weighted by Gasteiger charge is -2.16. The van der Waals surface area contributed by atoms with Gasteiger partial charge in [0.2, 0.25) is 6.08 Å². The maximum absolute atomic E-state index is 11.9. The molecule has 23 heavy (non-hydrogen) atoms. The van der Waals surface area contributed by atoms with E-state index in [0.717, 1.165) is 11.1 Å². The quantitative estimate of drug-likeness (QED) is 0.631. The third-order valence-corrected chi connectivity index (χ3v) is 3.24. The summed E-state index contributed by atoms with van der Waals surface area (Å²) < 4.78 is 5.19. The maximum Gasteiger partial charge on any atom is 0.407 e. The Labute approximate surface area is 135 Å². The van der Waals surface area contributed by atoms with Crippen molar-refractivity contribution in [1.82, 2.24) is 5.32 Å². The molecule has 0 aromatic heterocycles. The SMILES string of the molecule is O=C=NC[C@H](Cc1ccccc1)NC(=O)OCc1ccccc1. The van der Waals surface area contributed by atoms with Gasteiger partial charge < -0.3 is 10.1 Å². The number of carbonyl (C=O) groups is 1. The standard InChI is InChI=1S/C18H18N2O3/c21-14-19-12-17(11-15-7-3-1-4-8-15)20-18(22)23-13-16-9-5-2-6-10-16/h1-10,17H,11-13H2,(H,20,22)/t17-/m0/s1. The van der Waals surface area contributed by atoms with Crippen LogP contribution in [0.2, 0.25) is 0 Å². The summed E-state index contributed by atoms with van der Waals surface area (Å²) in [7, 11) is 0. The number of amides is 1. The van der Waals surface area contributed by atoms with Crippen molar-refractivity contribution in [3.63, 3.8) is 0 Å². The second-order valence-electron chi connectivity index (χ2n) is 5.02. The molecule has 2 aromatic rings. The first-order chi connectivity index (χ1) is 11.3. The number of nitrogens with zero attached hydrogens (tertiary/aromatic N) is 1. The molecule has 0 saturated heterocycles. The Hall–Kier alpha value is -2.91. The molecule has 0 bridgehead atoms. The highest BCUT2D eigenvalue weighted by Gasteiger charge is 2.13. The zero-order chi connectivity index (χ0) is 16.3. The van der Waals surface area contributed by atoms with Crippen LogP contribution in [0.3, 0.4) is 0 Å². The molecule has 0 fully saturated rings. The summed E-state index contributed by atoms with van der Waals surface area (Å²) in [6.07, 6.45) is 1.53. The fourth-order valence-corrected chi connectivity index (χ4v) is 2.14. The van der Waals surface area contributed by atoms with Gasteiger partial charge in [-0.1, -0.05) is 60.7 Å². The van der Waals surface area contributed by atoms with E-state index in [0.29, 0.717) is 6.42 Å². The van der Waals surface area contributed by atoms with Crippen molar-refractivity contribution in [2.75, 3.05) is 6.54 Å². The summed E-state index contributed by atoms with van der Waals surface area (Å²) in [5.74, 6) is 0. The first-order valence-electron chi connectivity index (χ1n) is 7.32. The van der Waals surface area contributed by atoms with Gasteiger partial charge in [0.15, 0.2) is 0 Å². The van der Waals surface area contributed by atoms with Crippen molar-refractivity contribution in [2.45, 2.75) is 19.1 Å². The van der Waals surface area contributed by atoms with Crippen molar-refractivity contribution < 1.29 is 14.3 Å². The Morgan fingerprint density at radius 3 is 2.26 bits per heavy atom. The molecule has 0 aliphatic heterocycles. The van der Waals surface area contributed by atoms with Gasteiger partial charge in [0.25, 0.3) is 0 Å². The van der Waals surface area contributed by atoms with Crippen LogP contribution >= 0.6 is 0 Å². The minimum atomic E-state index is -0.532. The van der Waals surface area contributed by atoms with Crippen molar-refractivity contribution >= 4 is 12.2 Å². The number of hydrogen-bond donors (Lipinski definition) is 1. The van der Waals surface area contributed by atoms with Crippen molar-refractivity contribution in [2.24, 2.45) is 4.99 Å². The normalized spacial score (nSPS) is 11.1. The van der Waals surface area contributed by atoms with Crippen LogP contribution in [0, 0.1) is 0 Å². The average molecular weight is 310 g/mol. The Morgan fingerprint density at radius 2 is 1.65 bits per heavy atom. The molecule has 1 N–H and O–H groups in total. The van der Waals surface area contributed by atoms with Crippen molar-refractivity contribution in [3.8, 4) is 0 Å². The summed E-state index contributed by atoms with van der Waals surface area (Å²) >= 11 is 0. The molecule has 5 heteroatoms. The summed E-state index contributed by atoms with van der Waals surface area (Å²) in [5.41, 5.74) is 1.95. The molecule has 0 aliphatic rings. The molecular formula is C18H18N2O3. The number of benzene rings is 2. The third kappa shape index (κ3) is 6.16. The molecule has 1 amide bonds. The van der Waals surface area contributed by atoms with E-state index in [-0.39, 0.29) is 19.2 Å². The van der Waals surface area contributed by atoms with Crippen LogP contribution in [0.4, 0.5) is 4.79 Å². The van der Waals surface area contributed by atoms with E-state index in [4.69, 9.17) is 4.74 Å². The zero-order valence-corrected chi connectivity index (χ0v) is 12.6. The molecule has 0 radical (unpaired) electrons. The molecule has 1 atom stereocenters. The summed E-state index contributed by atoms with van der Waals surface area (Å²) in [6, 6.07) is 18.8. The van der Waals surface area contributed by atoms with Crippen molar-refractivity contribution in [3.05, 3.63) is 71.8 Å². The Kier molecular flexibility index (Phi) is 6.57. The number of rotatable bonds is 7. The van der Waals surface area contributed by atoms with Crippen LogP contribution in [-0.4, -0.2) is 24.8 Å². The first kappa shape index (κ1) is 16.5. The number of hydrogen-bond acceptors (Lipinski definition) is 4. The number of aliphatic imine (C=N–C) groups is 1. The highest BCUT2D eigenvalue weighted by atomic mass is 16.5. The molecular weight excluding hydrogens is 292 g/mol. The van der Waals surface area contributed by atoms with E-state index in [9.17, 15) is 9.59 Å². The molecule has 0 heterocycles.